The number of nitrogens with one attached hydrogen (secondary N) is 2. The average molecular weight is 281 g/mol. The number of rotatable bonds is 6. The van der Waals surface area contributed by atoms with Crippen LogP contribution in [0.5, 0.6) is 0 Å². The lowest BCUT2D eigenvalue weighted by molar-refractivity contribution is 0.577. The Morgan fingerprint density at radius 2 is 1.90 bits per heavy atom. The summed E-state index contributed by atoms with van der Waals surface area (Å²) in [5.41, 5.74) is 0.874. The molecule has 0 aliphatic heterocycles. The molecule has 0 radical (unpaired) electrons. The Hall–Kier alpha value is -2.18. The molecule has 2 heterocycles. The van der Waals surface area contributed by atoms with Crippen LogP contribution in [0.25, 0.3) is 0 Å². The smallest absolute Gasteiger partial charge is 0.168 e. The van der Waals surface area contributed by atoms with Gasteiger partial charge >= 0.3 is 0 Å². The third kappa shape index (κ3) is 3.23. The molecule has 2 aromatic heterocycles. The van der Waals surface area contributed by atoms with Crippen LogP contribution in [0, 0.1) is 11.6 Å². The van der Waals surface area contributed by atoms with Crippen molar-refractivity contribution in [2.45, 2.75) is 19.9 Å². The van der Waals surface area contributed by atoms with Gasteiger partial charge in [-0.25, -0.2) is 13.8 Å². The van der Waals surface area contributed by atoms with E-state index in [0.29, 0.717) is 13.1 Å². The van der Waals surface area contributed by atoms with Crippen molar-refractivity contribution in [2.24, 2.45) is 7.05 Å². The first-order valence-corrected chi connectivity index (χ1v) is 6.42. The Morgan fingerprint density at radius 3 is 2.50 bits per heavy atom. The maximum Gasteiger partial charge on any atom is 0.168 e. The summed E-state index contributed by atoms with van der Waals surface area (Å²) in [6.45, 7) is 2.89. The number of hydrogen-bond donors (Lipinski definition) is 2. The number of aryl methyl sites for hydroxylation is 1. The van der Waals surface area contributed by atoms with Gasteiger partial charge in [-0.15, -0.1) is 0 Å². The van der Waals surface area contributed by atoms with Gasteiger partial charge in [-0.1, -0.05) is 6.92 Å². The highest BCUT2D eigenvalue weighted by Gasteiger charge is 2.11. The summed E-state index contributed by atoms with van der Waals surface area (Å²) in [7, 11) is 1.79. The molecule has 5 nitrogen and oxygen atoms in total. The maximum absolute atomic E-state index is 13.7. The predicted octanol–water partition coefficient (Wildman–Crippen LogP) is 2.53. The van der Waals surface area contributed by atoms with E-state index in [2.05, 4.69) is 20.7 Å². The number of halogens is 2. The topological polar surface area (TPSA) is 54.8 Å². The summed E-state index contributed by atoms with van der Waals surface area (Å²) >= 11 is 0. The second kappa shape index (κ2) is 6.31. The number of hydrogen-bond acceptors (Lipinski definition) is 4. The fourth-order valence-electron chi connectivity index (χ4n) is 1.71. The minimum atomic E-state index is -0.716. The molecule has 2 N–H and O–H groups in total. The van der Waals surface area contributed by atoms with Gasteiger partial charge in [-0.2, -0.15) is 5.10 Å². The van der Waals surface area contributed by atoms with Crippen LogP contribution in [0.15, 0.2) is 18.3 Å². The van der Waals surface area contributed by atoms with E-state index in [1.54, 1.807) is 17.9 Å². The molecule has 0 saturated heterocycles. The van der Waals surface area contributed by atoms with Gasteiger partial charge in [0.2, 0.25) is 0 Å². The molecule has 2 rings (SSSR count). The van der Waals surface area contributed by atoms with Crippen molar-refractivity contribution in [1.29, 1.82) is 0 Å². The number of nitrogens with zero attached hydrogens (tertiary/aromatic N) is 3. The fourth-order valence-corrected chi connectivity index (χ4v) is 1.71. The Balaban J connectivity index is 2.12. The van der Waals surface area contributed by atoms with Crippen molar-refractivity contribution in [3.05, 3.63) is 35.7 Å². The maximum atomic E-state index is 13.7. The number of aromatic nitrogens is 3. The van der Waals surface area contributed by atoms with Crippen molar-refractivity contribution >= 4 is 11.6 Å². The van der Waals surface area contributed by atoms with Crippen molar-refractivity contribution < 1.29 is 8.78 Å². The average Bonchev–Trinajstić information content (AvgIpc) is 2.82. The molecule has 20 heavy (non-hydrogen) atoms. The van der Waals surface area contributed by atoms with Crippen molar-refractivity contribution in [2.75, 3.05) is 17.2 Å². The van der Waals surface area contributed by atoms with Crippen LogP contribution < -0.4 is 10.6 Å². The van der Waals surface area contributed by atoms with Gasteiger partial charge in [0.25, 0.3) is 0 Å². The predicted molar refractivity (Wildman–Crippen MR) is 73.5 cm³/mol. The van der Waals surface area contributed by atoms with Gasteiger partial charge in [0.05, 0.1) is 12.2 Å². The molecule has 0 saturated carbocycles. The normalized spacial score (nSPS) is 10.6. The second-order valence-electron chi connectivity index (χ2n) is 4.38. The summed E-state index contributed by atoms with van der Waals surface area (Å²) in [4.78, 5) is 3.94. The molecule has 0 atom stereocenters. The second-order valence-corrected chi connectivity index (χ2v) is 4.38. The highest BCUT2D eigenvalue weighted by Crippen LogP contribution is 2.19. The minimum Gasteiger partial charge on any atom is -0.368 e. The van der Waals surface area contributed by atoms with E-state index >= 15 is 0 Å². The Bertz CT molecular complexity index is 582. The lowest BCUT2D eigenvalue weighted by Crippen LogP contribution is -2.11. The minimum absolute atomic E-state index is 0.0196. The first kappa shape index (κ1) is 14.2. The van der Waals surface area contributed by atoms with Gasteiger partial charge in [0.1, 0.15) is 0 Å². The van der Waals surface area contributed by atoms with Crippen LogP contribution >= 0.6 is 0 Å². The first-order valence-electron chi connectivity index (χ1n) is 6.42. The Labute approximate surface area is 116 Å². The molecule has 0 aromatic carbocycles. The molecule has 108 valence electrons. The Kier molecular flexibility index (Phi) is 4.49. The van der Waals surface area contributed by atoms with E-state index < -0.39 is 11.6 Å². The lowest BCUT2D eigenvalue weighted by atomic mass is 10.3. The van der Waals surface area contributed by atoms with E-state index in [0.717, 1.165) is 18.2 Å². The van der Waals surface area contributed by atoms with Crippen molar-refractivity contribution in [3.63, 3.8) is 0 Å². The van der Waals surface area contributed by atoms with Gasteiger partial charge in [0.15, 0.2) is 23.3 Å². The third-order valence-electron chi connectivity index (χ3n) is 2.83. The van der Waals surface area contributed by atoms with Crippen LogP contribution in [0.2, 0.25) is 0 Å². The van der Waals surface area contributed by atoms with E-state index in [1.807, 2.05) is 13.0 Å². The first-order chi connectivity index (χ1) is 9.61. The molecule has 0 aliphatic rings. The van der Waals surface area contributed by atoms with Crippen LogP contribution in [0.1, 0.15) is 19.0 Å². The van der Waals surface area contributed by atoms with Gasteiger partial charge in [0, 0.05) is 25.9 Å². The van der Waals surface area contributed by atoms with E-state index in [1.165, 1.54) is 0 Å². The summed E-state index contributed by atoms with van der Waals surface area (Å²) in [6.07, 6.45) is 2.48. The monoisotopic (exact) mass is 281 g/mol. The van der Waals surface area contributed by atoms with Gasteiger partial charge in [-0.3, -0.25) is 4.68 Å². The number of pyridine rings is 1. The largest absolute Gasteiger partial charge is 0.368 e. The molecular formula is C13H17F2N5. The summed E-state index contributed by atoms with van der Waals surface area (Å²) in [5.74, 6) is -1.33. The van der Waals surface area contributed by atoms with Gasteiger partial charge < -0.3 is 10.6 Å². The summed E-state index contributed by atoms with van der Waals surface area (Å²) < 4.78 is 28.9. The molecule has 2 aromatic rings. The zero-order valence-corrected chi connectivity index (χ0v) is 11.5. The quantitative estimate of drug-likeness (QED) is 0.854. The highest BCUT2D eigenvalue weighted by molar-refractivity contribution is 5.47. The molecule has 0 aliphatic carbocycles. The third-order valence-corrected chi connectivity index (χ3v) is 2.83. The summed E-state index contributed by atoms with van der Waals surface area (Å²) in [5, 5.41) is 9.68. The molecule has 0 bridgehead atoms. The molecule has 0 fully saturated rings. The molecule has 0 spiro atoms. The zero-order chi connectivity index (χ0) is 14.5. The van der Waals surface area contributed by atoms with Crippen LogP contribution in [0.3, 0.4) is 0 Å². The molecular weight excluding hydrogens is 264 g/mol. The van der Waals surface area contributed by atoms with Crippen LogP contribution in [0.4, 0.5) is 20.4 Å². The standard InChI is InChI=1S/C13H17F2N5/c1-3-5-16-12-10(14)7-11(15)13(19-12)17-8-9-4-6-18-20(9)2/h4,6-7H,3,5,8H2,1-2H3,(H2,16,17,19). The fraction of sp³-hybridized carbons (Fsp3) is 0.385. The van der Waals surface area contributed by atoms with Gasteiger partial charge in [-0.05, 0) is 12.5 Å². The van der Waals surface area contributed by atoms with E-state index in [-0.39, 0.29) is 11.6 Å². The molecule has 7 heteroatoms. The highest BCUT2D eigenvalue weighted by atomic mass is 19.1. The van der Waals surface area contributed by atoms with E-state index in [9.17, 15) is 8.78 Å². The van der Waals surface area contributed by atoms with E-state index in [4.69, 9.17) is 0 Å². The molecule has 0 unspecified atom stereocenters. The van der Waals surface area contributed by atoms with Crippen LogP contribution in [-0.4, -0.2) is 21.3 Å². The lowest BCUT2D eigenvalue weighted by Gasteiger charge is -2.11. The Morgan fingerprint density at radius 1 is 1.20 bits per heavy atom. The SMILES string of the molecule is CCCNc1nc(NCc2ccnn2C)c(F)cc1F. The van der Waals surface area contributed by atoms with Crippen molar-refractivity contribution in [3.8, 4) is 0 Å². The summed E-state index contributed by atoms with van der Waals surface area (Å²) in [6, 6.07) is 2.64. The van der Waals surface area contributed by atoms with Crippen molar-refractivity contribution in [1.82, 2.24) is 14.8 Å². The molecule has 0 amide bonds. The zero-order valence-electron chi connectivity index (χ0n) is 11.5. The number of anilines is 2. The van der Waals surface area contributed by atoms with Crippen LogP contribution in [-0.2, 0) is 13.6 Å².